The van der Waals surface area contributed by atoms with Gasteiger partial charge in [0.1, 0.15) is 11.5 Å². The van der Waals surface area contributed by atoms with Gasteiger partial charge in [0.15, 0.2) is 5.96 Å². The Morgan fingerprint density at radius 3 is 2.57 bits per heavy atom. The molecule has 2 aromatic rings. The molecule has 30 heavy (non-hydrogen) atoms. The predicted octanol–water partition coefficient (Wildman–Crippen LogP) is 4.01. The first kappa shape index (κ1) is 25.9. The number of aliphatic hydroxyl groups is 1. The molecule has 0 heterocycles. The van der Waals surface area contributed by atoms with E-state index in [4.69, 9.17) is 4.74 Å². The lowest BCUT2D eigenvalue weighted by Gasteiger charge is -2.16. The van der Waals surface area contributed by atoms with Gasteiger partial charge in [0, 0.05) is 18.7 Å². The van der Waals surface area contributed by atoms with Crippen molar-refractivity contribution in [3.05, 3.63) is 59.2 Å². The van der Waals surface area contributed by atoms with Gasteiger partial charge in [0.05, 0.1) is 19.8 Å². The van der Waals surface area contributed by atoms with Crippen molar-refractivity contribution in [1.82, 2.24) is 10.6 Å². The van der Waals surface area contributed by atoms with E-state index in [0.717, 1.165) is 11.1 Å². The highest BCUT2D eigenvalue weighted by atomic mass is 127. The quantitative estimate of drug-likeness (QED) is 0.257. The third-order valence-corrected chi connectivity index (χ3v) is 4.13. The molecule has 0 saturated heterocycles. The number of ether oxygens (including phenoxy) is 2. The first-order valence-corrected chi connectivity index (χ1v) is 9.31. The highest BCUT2D eigenvalue weighted by Gasteiger charge is 2.12. The molecule has 6 nitrogen and oxygen atoms in total. The molecule has 0 fully saturated rings. The molecule has 0 saturated carbocycles. The maximum Gasteiger partial charge on any atom is 0.387 e. The van der Waals surface area contributed by atoms with Crippen LogP contribution in [0.3, 0.4) is 0 Å². The molecule has 9 heteroatoms. The van der Waals surface area contributed by atoms with Crippen LogP contribution in [0.5, 0.6) is 11.5 Å². The van der Waals surface area contributed by atoms with Gasteiger partial charge in [-0.05, 0) is 37.6 Å². The Morgan fingerprint density at radius 2 is 1.93 bits per heavy atom. The second kappa shape index (κ2) is 13.2. The zero-order chi connectivity index (χ0) is 21.2. The van der Waals surface area contributed by atoms with Crippen LogP contribution in [0.1, 0.15) is 29.7 Å². The van der Waals surface area contributed by atoms with Crippen molar-refractivity contribution in [1.29, 1.82) is 0 Å². The number of methoxy groups -OCH3 is 1. The van der Waals surface area contributed by atoms with Crippen molar-refractivity contribution in [2.75, 3.05) is 20.2 Å². The maximum absolute atomic E-state index is 12.7. The standard InChI is InChI=1S/C21H27F2N3O3.HI/c1-4-24-21(26-13-18(27)15-7-5-6-14(2)10-15)25-12-16-11-17(28-3)8-9-19(16)29-20(22)23;/h5-11,18,20,27H,4,12-13H2,1-3H3,(H2,24,25,26);1H. The largest absolute Gasteiger partial charge is 0.497 e. The summed E-state index contributed by atoms with van der Waals surface area (Å²) < 4.78 is 35.0. The molecule has 0 aliphatic rings. The lowest BCUT2D eigenvalue weighted by atomic mass is 10.1. The number of halogens is 3. The summed E-state index contributed by atoms with van der Waals surface area (Å²) in [6.45, 7) is 1.88. The Morgan fingerprint density at radius 1 is 1.17 bits per heavy atom. The van der Waals surface area contributed by atoms with E-state index in [-0.39, 0.29) is 42.8 Å². The summed E-state index contributed by atoms with van der Waals surface area (Å²) in [4.78, 5) is 4.41. The van der Waals surface area contributed by atoms with Crippen molar-refractivity contribution in [2.45, 2.75) is 33.1 Å². The van der Waals surface area contributed by atoms with E-state index in [1.165, 1.54) is 13.2 Å². The Kier molecular flexibility index (Phi) is 11.4. The molecule has 0 aliphatic heterocycles. The minimum Gasteiger partial charge on any atom is -0.497 e. The van der Waals surface area contributed by atoms with Crippen molar-refractivity contribution in [3.8, 4) is 11.5 Å². The number of nitrogens with zero attached hydrogens (tertiary/aromatic N) is 1. The summed E-state index contributed by atoms with van der Waals surface area (Å²) in [7, 11) is 1.49. The summed E-state index contributed by atoms with van der Waals surface area (Å²) >= 11 is 0. The van der Waals surface area contributed by atoms with Gasteiger partial charge in [-0.25, -0.2) is 4.99 Å². The monoisotopic (exact) mass is 535 g/mol. The van der Waals surface area contributed by atoms with Crippen molar-refractivity contribution in [2.24, 2.45) is 4.99 Å². The highest BCUT2D eigenvalue weighted by molar-refractivity contribution is 14.0. The van der Waals surface area contributed by atoms with E-state index >= 15 is 0 Å². The molecular formula is C21H28F2IN3O3. The van der Waals surface area contributed by atoms with Crippen LogP contribution >= 0.6 is 24.0 Å². The third-order valence-electron chi connectivity index (χ3n) is 4.13. The molecular weight excluding hydrogens is 507 g/mol. The Bertz CT molecular complexity index is 822. The van der Waals surface area contributed by atoms with Crippen LogP contribution in [0.25, 0.3) is 0 Å². The van der Waals surface area contributed by atoms with Gasteiger partial charge in [0.2, 0.25) is 0 Å². The van der Waals surface area contributed by atoms with E-state index in [1.54, 1.807) is 12.1 Å². The summed E-state index contributed by atoms with van der Waals surface area (Å²) in [5.41, 5.74) is 2.32. The van der Waals surface area contributed by atoms with Gasteiger partial charge in [-0.3, -0.25) is 0 Å². The molecule has 2 aromatic carbocycles. The van der Waals surface area contributed by atoms with Gasteiger partial charge in [-0.1, -0.05) is 29.8 Å². The van der Waals surface area contributed by atoms with Gasteiger partial charge >= 0.3 is 6.61 Å². The minimum atomic E-state index is -2.93. The average Bonchev–Trinajstić information content (AvgIpc) is 2.70. The average molecular weight is 535 g/mol. The van der Waals surface area contributed by atoms with E-state index in [9.17, 15) is 13.9 Å². The maximum atomic E-state index is 12.7. The fraction of sp³-hybridized carbons (Fsp3) is 0.381. The SMILES string of the molecule is CCNC(=NCc1cc(OC)ccc1OC(F)F)NCC(O)c1cccc(C)c1.I. The fourth-order valence-electron chi connectivity index (χ4n) is 2.71. The number of aliphatic imine (C=N–C) groups is 1. The molecule has 0 aliphatic carbocycles. The fourth-order valence-corrected chi connectivity index (χ4v) is 2.71. The molecule has 0 amide bonds. The number of rotatable bonds is 9. The van der Waals surface area contributed by atoms with Gasteiger partial charge in [-0.2, -0.15) is 8.78 Å². The van der Waals surface area contributed by atoms with Crippen LogP contribution in [-0.4, -0.2) is 37.9 Å². The topological polar surface area (TPSA) is 75.1 Å². The number of hydrogen-bond acceptors (Lipinski definition) is 4. The van der Waals surface area contributed by atoms with Crippen LogP contribution < -0.4 is 20.1 Å². The van der Waals surface area contributed by atoms with Gasteiger partial charge in [-0.15, -0.1) is 24.0 Å². The van der Waals surface area contributed by atoms with E-state index in [0.29, 0.717) is 23.8 Å². The van der Waals surface area contributed by atoms with Crippen LogP contribution in [0.4, 0.5) is 8.78 Å². The zero-order valence-electron chi connectivity index (χ0n) is 17.2. The number of hydrogen-bond donors (Lipinski definition) is 3. The first-order chi connectivity index (χ1) is 13.9. The molecule has 0 aromatic heterocycles. The van der Waals surface area contributed by atoms with Crippen LogP contribution in [-0.2, 0) is 6.54 Å². The number of guanidine groups is 1. The number of benzene rings is 2. The van der Waals surface area contributed by atoms with Crippen molar-refractivity contribution >= 4 is 29.9 Å². The predicted molar refractivity (Wildman–Crippen MR) is 124 cm³/mol. The normalized spacial score (nSPS) is 12.2. The second-order valence-electron chi connectivity index (χ2n) is 6.36. The van der Waals surface area contributed by atoms with Gasteiger partial charge in [0.25, 0.3) is 0 Å². The van der Waals surface area contributed by atoms with Crippen molar-refractivity contribution in [3.63, 3.8) is 0 Å². The lowest BCUT2D eigenvalue weighted by Crippen LogP contribution is -2.39. The summed E-state index contributed by atoms with van der Waals surface area (Å²) in [5, 5.41) is 16.5. The molecule has 0 spiro atoms. The molecule has 166 valence electrons. The van der Waals surface area contributed by atoms with E-state index in [2.05, 4.69) is 20.4 Å². The molecule has 0 radical (unpaired) electrons. The molecule has 2 rings (SSSR count). The second-order valence-corrected chi connectivity index (χ2v) is 6.36. The van der Waals surface area contributed by atoms with Crippen molar-refractivity contribution < 1.29 is 23.4 Å². The van der Waals surface area contributed by atoms with Crippen LogP contribution in [0, 0.1) is 6.92 Å². The van der Waals surface area contributed by atoms with Crippen LogP contribution in [0.2, 0.25) is 0 Å². The number of alkyl halides is 2. The van der Waals surface area contributed by atoms with E-state index < -0.39 is 12.7 Å². The summed E-state index contributed by atoms with van der Waals surface area (Å²) in [6.07, 6.45) is -0.715. The number of aryl methyl sites for hydroxylation is 1. The smallest absolute Gasteiger partial charge is 0.387 e. The molecule has 3 N–H and O–H groups in total. The molecule has 1 atom stereocenters. The summed E-state index contributed by atoms with van der Waals surface area (Å²) in [6, 6.07) is 12.2. The third kappa shape index (κ3) is 8.31. The molecule has 0 bridgehead atoms. The first-order valence-electron chi connectivity index (χ1n) is 9.31. The van der Waals surface area contributed by atoms with E-state index in [1.807, 2.05) is 38.1 Å². The highest BCUT2D eigenvalue weighted by Crippen LogP contribution is 2.26. The molecule has 1 unspecified atom stereocenters. The van der Waals surface area contributed by atoms with Gasteiger partial charge < -0.3 is 25.2 Å². The number of aliphatic hydroxyl groups excluding tert-OH is 1. The minimum absolute atomic E-state index is 0. The number of nitrogens with one attached hydrogen (secondary N) is 2. The zero-order valence-corrected chi connectivity index (χ0v) is 19.5. The lowest BCUT2D eigenvalue weighted by molar-refractivity contribution is -0.0504. The Labute approximate surface area is 192 Å². The summed E-state index contributed by atoms with van der Waals surface area (Å²) in [5.74, 6) is 1.01. The Hall–Kier alpha value is -2.14. The Balaban J connectivity index is 0.00000450. The van der Waals surface area contributed by atoms with Crippen LogP contribution in [0.15, 0.2) is 47.5 Å².